The maximum Gasteiger partial charge on any atom is 0.184 e. The number of hydrogen-bond acceptors (Lipinski definition) is 5. The minimum atomic E-state index is -1.02. The van der Waals surface area contributed by atoms with Gasteiger partial charge in [0.1, 0.15) is 12.2 Å². The van der Waals surface area contributed by atoms with Crippen molar-refractivity contribution in [3.05, 3.63) is 10.4 Å². The van der Waals surface area contributed by atoms with Crippen LogP contribution < -0.4 is 0 Å². The van der Waals surface area contributed by atoms with E-state index in [-0.39, 0.29) is 12.6 Å². The highest BCUT2D eigenvalue weighted by Gasteiger charge is 2.54. The fourth-order valence-electron chi connectivity index (χ4n) is 1.92. The van der Waals surface area contributed by atoms with Crippen LogP contribution in [-0.2, 0) is 14.2 Å². The van der Waals surface area contributed by atoms with Crippen molar-refractivity contribution in [1.29, 1.82) is 0 Å². The van der Waals surface area contributed by atoms with Gasteiger partial charge in [-0.1, -0.05) is 5.11 Å². The maximum absolute atomic E-state index is 9.54. The van der Waals surface area contributed by atoms with Gasteiger partial charge in [-0.2, -0.15) is 0 Å². The summed E-state index contributed by atoms with van der Waals surface area (Å²) < 4.78 is 16.2. The molecule has 7 nitrogen and oxygen atoms in total. The Morgan fingerprint density at radius 3 is 2.73 bits per heavy atom. The Morgan fingerprint density at radius 2 is 2.07 bits per heavy atom. The molecule has 2 rings (SSSR count). The normalized spacial score (nSPS) is 42.3. The number of azide groups is 1. The number of hydrogen-bond donors (Lipinski definition) is 1. The maximum atomic E-state index is 9.54. The molecule has 0 radical (unpaired) electrons. The summed E-state index contributed by atoms with van der Waals surface area (Å²) in [5.41, 5.74) is 8.20. The van der Waals surface area contributed by atoms with E-state index in [1.165, 1.54) is 0 Å². The predicted molar refractivity (Wildman–Crippen MR) is 48.7 cm³/mol. The van der Waals surface area contributed by atoms with Gasteiger partial charge in [-0.25, -0.2) is 0 Å². The van der Waals surface area contributed by atoms with E-state index in [0.717, 1.165) is 0 Å². The molecular formula is C8H13N3O4. The number of nitrogens with zero attached hydrogens (tertiary/aromatic N) is 3. The molecule has 2 heterocycles. The second-order valence-electron chi connectivity index (χ2n) is 4.04. The van der Waals surface area contributed by atoms with Crippen LogP contribution in [0.15, 0.2) is 5.11 Å². The molecule has 0 bridgehead atoms. The van der Waals surface area contributed by atoms with Crippen LogP contribution in [0.25, 0.3) is 10.4 Å². The van der Waals surface area contributed by atoms with Gasteiger partial charge >= 0.3 is 0 Å². The van der Waals surface area contributed by atoms with Crippen LogP contribution in [0.2, 0.25) is 0 Å². The van der Waals surface area contributed by atoms with E-state index in [2.05, 4.69) is 10.0 Å². The fourth-order valence-corrected chi connectivity index (χ4v) is 1.92. The summed E-state index contributed by atoms with van der Waals surface area (Å²) in [6.45, 7) is 3.67. The lowest BCUT2D eigenvalue weighted by Gasteiger charge is -2.21. The molecule has 2 saturated heterocycles. The first kappa shape index (κ1) is 10.7. The Labute approximate surface area is 86.6 Å². The van der Waals surface area contributed by atoms with Gasteiger partial charge in [-0.15, -0.1) is 0 Å². The van der Waals surface area contributed by atoms with Gasteiger partial charge < -0.3 is 19.3 Å². The minimum absolute atomic E-state index is 0.133. The average molecular weight is 215 g/mol. The van der Waals surface area contributed by atoms with Gasteiger partial charge in [0, 0.05) is 4.91 Å². The summed E-state index contributed by atoms with van der Waals surface area (Å²) >= 11 is 0. The van der Waals surface area contributed by atoms with E-state index in [9.17, 15) is 5.11 Å². The van der Waals surface area contributed by atoms with Gasteiger partial charge in [0.05, 0.1) is 12.6 Å². The van der Waals surface area contributed by atoms with Crippen LogP contribution in [0.4, 0.5) is 0 Å². The van der Waals surface area contributed by atoms with Gasteiger partial charge in [0.2, 0.25) is 0 Å². The first-order valence-corrected chi connectivity index (χ1v) is 4.73. The minimum Gasteiger partial charge on any atom is -0.366 e. The van der Waals surface area contributed by atoms with E-state index in [0.29, 0.717) is 0 Å². The number of aliphatic hydroxyl groups excluding tert-OH is 1. The van der Waals surface area contributed by atoms with Crippen molar-refractivity contribution in [2.45, 2.75) is 44.2 Å². The Bertz CT molecular complexity index is 302. The highest BCUT2D eigenvalue weighted by Crippen LogP contribution is 2.37. The molecule has 0 aromatic rings. The molecule has 7 heteroatoms. The molecule has 0 aromatic heterocycles. The molecule has 0 aromatic carbocycles. The van der Waals surface area contributed by atoms with E-state index >= 15 is 0 Å². The van der Waals surface area contributed by atoms with Gasteiger partial charge in [0.25, 0.3) is 0 Å². The van der Waals surface area contributed by atoms with E-state index in [1.807, 2.05) is 0 Å². The monoisotopic (exact) mass is 215 g/mol. The first-order valence-electron chi connectivity index (χ1n) is 4.73. The summed E-state index contributed by atoms with van der Waals surface area (Å²) in [6.07, 6.45) is -2.34. The summed E-state index contributed by atoms with van der Waals surface area (Å²) in [5.74, 6) is -0.727. The molecule has 2 aliphatic rings. The lowest BCUT2D eigenvalue weighted by atomic mass is 10.1. The van der Waals surface area contributed by atoms with Crippen LogP contribution in [0, 0.1) is 0 Å². The van der Waals surface area contributed by atoms with E-state index < -0.39 is 24.3 Å². The molecule has 4 atom stereocenters. The molecule has 2 fully saturated rings. The van der Waals surface area contributed by atoms with Crippen molar-refractivity contribution in [3.63, 3.8) is 0 Å². The average Bonchev–Trinajstić information content (AvgIpc) is 2.60. The van der Waals surface area contributed by atoms with Crippen molar-refractivity contribution in [1.82, 2.24) is 0 Å². The Balaban J connectivity index is 2.08. The molecule has 84 valence electrons. The predicted octanol–water partition coefficient (Wildman–Crippen LogP) is 0.534. The second kappa shape index (κ2) is 3.62. The lowest BCUT2D eigenvalue weighted by Crippen LogP contribution is -2.31. The number of rotatable bonds is 2. The zero-order valence-electron chi connectivity index (χ0n) is 8.53. The highest BCUT2D eigenvalue weighted by molar-refractivity contribution is 4.95. The van der Waals surface area contributed by atoms with E-state index in [1.54, 1.807) is 13.8 Å². The van der Waals surface area contributed by atoms with Crippen LogP contribution in [0.5, 0.6) is 0 Å². The van der Waals surface area contributed by atoms with Gasteiger partial charge in [0.15, 0.2) is 12.1 Å². The quantitative estimate of drug-likeness (QED) is 0.413. The molecule has 0 saturated carbocycles. The SMILES string of the molecule is CC1(C)O[C@@H]2[C@H](CN=[N+]=[N-])OC(O)[C@@H]2O1. The highest BCUT2D eigenvalue weighted by atomic mass is 16.8. The van der Waals surface area contributed by atoms with Crippen molar-refractivity contribution >= 4 is 0 Å². The molecular weight excluding hydrogens is 202 g/mol. The fraction of sp³-hybridized carbons (Fsp3) is 1.00. The van der Waals surface area contributed by atoms with Crippen LogP contribution in [0.1, 0.15) is 13.8 Å². The summed E-state index contributed by atoms with van der Waals surface area (Å²) in [7, 11) is 0. The van der Waals surface area contributed by atoms with Gasteiger partial charge in [-0.05, 0) is 19.4 Å². The van der Waals surface area contributed by atoms with Crippen LogP contribution in [0.3, 0.4) is 0 Å². The third kappa shape index (κ3) is 1.92. The first-order chi connectivity index (χ1) is 7.03. The third-order valence-electron chi connectivity index (χ3n) is 2.45. The molecule has 0 spiro atoms. The van der Waals surface area contributed by atoms with Crippen molar-refractivity contribution in [2.24, 2.45) is 5.11 Å². The molecule has 2 aliphatic heterocycles. The Hall–Kier alpha value is -0.850. The van der Waals surface area contributed by atoms with Crippen molar-refractivity contribution in [2.75, 3.05) is 6.54 Å². The summed E-state index contributed by atoms with van der Waals surface area (Å²) in [6, 6.07) is 0. The zero-order valence-corrected chi connectivity index (χ0v) is 8.53. The second-order valence-corrected chi connectivity index (χ2v) is 4.04. The molecule has 0 amide bonds. The molecule has 1 N–H and O–H groups in total. The largest absolute Gasteiger partial charge is 0.366 e. The lowest BCUT2D eigenvalue weighted by molar-refractivity contribution is -0.218. The van der Waals surface area contributed by atoms with Gasteiger partial charge in [-0.3, -0.25) is 0 Å². The summed E-state index contributed by atoms with van der Waals surface area (Å²) in [5, 5.41) is 12.9. The smallest absolute Gasteiger partial charge is 0.184 e. The van der Waals surface area contributed by atoms with Crippen molar-refractivity contribution in [3.8, 4) is 0 Å². The summed E-state index contributed by atoms with van der Waals surface area (Å²) in [4.78, 5) is 2.64. The van der Waals surface area contributed by atoms with Crippen LogP contribution >= 0.6 is 0 Å². The number of ether oxygens (including phenoxy) is 3. The topological polar surface area (TPSA) is 96.7 Å². The Morgan fingerprint density at radius 1 is 1.40 bits per heavy atom. The van der Waals surface area contributed by atoms with Crippen LogP contribution in [-0.4, -0.2) is 42.0 Å². The van der Waals surface area contributed by atoms with E-state index in [4.69, 9.17) is 19.7 Å². The Kier molecular flexibility index (Phi) is 2.57. The standard InChI is InChI=1S/C8H13N3O4/c1-8(2)14-5-4(3-10-11-9)13-7(12)6(5)15-8/h4-7,12H,3H2,1-2H3/t4-,5+,6+,7?/m0/s1. The number of fused-ring (bicyclic) bond motifs is 1. The number of aliphatic hydroxyl groups is 1. The molecule has 15 heavy (non-hydrogen) atoms. The van der Waals surface area contributed by atoms with Crippen molar-refractivity contribution < 1.29 is 19.3 Å². The zero-order chi connectivity index (χ0) is 11.1. The molecule has 1 unspecified atom stereocenters. The molecule has 0 aliphatic carbocycles. The third-order valence-corrected chi connectivity index (χ3v) is 2.45.